The van der Waals surface area contributed by atoms with Crippen molar-refractivity contribution in [2.45, 2.75) is 32.3 Å². The fourth-order valence-corrected chi connectivity index (χ4v) is 3.11. The van der Waals surface area contributed by atoms with Crippen LogP contribution in [0.4, 0.5) is 4.39 Å². The number of benzene rings is 2. The molecule has 4 heteroatoms. The number of ether oxygens (including phenoxy) is 1. The summed E-state index contributed by atoms with van der Waals surface area (Å²) < 4.78 is 19.9. The van der Waals surface area contributed by atoms with Crippen LogP contribution in [0.25, 0.3) is 28.1 Å². The van der Waals surface area contributed by atoms with E-state index in [-0.39, 0.29) is 11.9 Å². The minimum Gasteiger partial charge on any atom is -0.489 e. The van der Waals surface area contributed by atoms with Crippen molar-refractivity contribution in [2.24, 2.45) is 0 Å². The first kappa shape index (κ1) is 20.7. The molecule has 1 N–H and O–H groups in total. The Labute approximate surface area is 171 Å². The van der Waals surface area contributed by atoms with Gasteiger partial charge in [-0.15, -0.1) is 0 Å². The number of nitrogens with zero attached hydrogens (tertiary/aromatic N) is 1. The number of aliphatic hydroxyl groups excluding tert-OH is 1. The molecule has 0 saturated heterocycles. The highest BCUT2D eigenvalue weighted by atomic mass is 19.1. The number of rotatable bonds is 9. The molecule has 0 amide bonds. The molecule has 0 spiro atoms. The minimum absolute atomic E-state index is 0.245. The summed E-state index contributed by atoms with van der Waals surface area (Å²) in [7, 11) is 0. The highest BCUT2D eigenvalue weighted by Crippen LogP contribution is 2.27. The van der Waals surface area contributed by atoms with E-state index in [0.29, 0.717) is 23.6 Å². The maximum Gasteiger partial charge on any atom is 0.136 e. The monoisotopic (exact) mass is 391 g/mol. The van der Waals surface area contributed by atoms with E-state index >= 15 is 0 Å². The zero-order chi connectivity index (χ0) is 20.6. The highest BCUT2D eigenvalue weighted by molar-refractivity contribution is 5.87. The summed E-state index contributed by atoms with van der Waals surface area (Å²) in [5, 5.41) is 11.3. The van der Waals surface area contributed by atoms with Gasteiger partial charge in [-0.2, -0.15) is 0 Å². The number of aliphatic hydroxyl groups is 1. The Morgan fingerprint density at radius 2 is 2.03 bits per heavy atom. The second-order valence-corrected chi connectivity index (χ2v) is 7.10. The van der Waals surface area contributed by atoms with E-state index in [9.17, 15) is 9.50 Å². The normalized spacial score (nSPS) is 12.4. The van der Waals surface area contributed by atoms with Gasteiger partial charge in [0.2, 0.25) is 0 Å². The summed E-state index contributed by atoms with van der Waals surface area (Å²) >= 11 is 0. The average molecular weight is 391 g/mol. The zero-order valence-corrected chi connectivity index (χ0v) is 16.6. The van der Waals surface area contributed by atoms with Crippen LogP contribution in [0.15, 0.2) is 67.4 Å². The van der Waals surface area contributed by atoms with Crippen LogP contribution < -0.4 is 4.74 Å². The molecule has 3 nitrogen and oxygen atoms in total. The first-order chi connectivity index (χ1) is 14.1. The van der Waals surface area contributed by atoms with Crippen LogP contribution in [0, 0.1) is 5.82 Å². The van der Waals surface area contributed by atoms with Crippen molar-refractivity contribution >= 4 is 16.8 Å². The van der Waals surface area contributed by atoms with Crippen molar-refractivity contribution in [1.82, 2.24) is 4.98 Å². The molecule has 1 aromatic heterocycles. The van der Waals surface area contributed by atoms with Gasteiger partial charge < -0.3 is 9.84 Å². The Bertz CT molecular complexity index is 1010. The maximum absolute atomic E-state index is 14.5. The van der Waals surface area contributed by atoms with Crippen molar-refractivity contribution in [2.75, 3.05) is 6.61 Å². The Hall–Kier alpha value is -2.98. The third-order valence-electron chi connectivity index (χ3n) is 4.63. The van der Waals surface area contributed by atoms with Crippen molar-refractivity contribution in [3.8, 4) is 17.0 Å². The van der Waals surface area contributed by atoms with Gasteiger partial charge in [0, 0.05) is 23.2 Å². The van der Waals surface area contributed by atoms with Gasteiger partial charge in [0.15, 0.2) is 0 Å². The van der Waals surface area contributed by atoms with E-state index in [1.165, 1.54) is 6.07 Å². The largest absolute Gasteiger partial charge is 0.489 e. The van der Waals surface area contributed by atoms with Gasteiger partial charge in [0.25, 0.3) is 0 Å². The number of aromatic nitrogens is 1. The second-order valence-electron chi connectivity index (χ2n) is 7.10. The van der Waals surface area contributed by atoms with Gasteiger partial charge in [-0.05, 0) is 61.4 Å². The van der Waals surface area contributed by atoms with Crippen LogP contribution in [0.5, 0.6) is 5.75 Å². The van der Waals surface area contributed by atoms with Crippen molar-refractivity contribution in [3.63, 3.8) is 0 Å². The Morgan fingerprint density at radius 3 is 2.79 bits per heavy atom. The van der Waals surface area contributed by atoms with Crippen LogP contribution in [0.2, 0.25) is 0 Å². The molecule has 3 rings (SSSR count). The maximum atomic E-state index is 14.5. The molecule has 2 aromatic carbocycles. The molecule has 29 heavy (non-hydrogen) atoms. The molecule has 1 atom stereocenters. The smallest absolute Gasteiger partial charge is 0.136 e. The van der Waals surface area contributed by atoms with Crippen molar-refractivity contribution in [1.29, 1.82) is 0 Å². The Kier molecular flexibility index (Phi) is 7.14. The summed E-state index contributed by atoms with van der Waals surface area (Å²) in [5.74, 6) is 0.104. The van der Waals surface area contributed by atoms with Crippen LogP contribution in [-0.2, 0) is 0 Å². The lowest BCUT2D eigenvalue weighted by Crippen LogP contribution is -1.97. The quantitative estimate of drug-likeness (QED) is 0.350. The molecule has 0 saturated carbocycles. The fourth-order valence-electron chi connectivity index (χ4n) is 3.11. The Balaban J connectivity index is 1.75. The molecule has 0 bridgehead atoms. The molecule has 1 heterocycles. The number of halogens is 1. The van der Waals surface area contributed by atoms with Gasteiger partial charge in [0.05, 0.1) is 11.8 Å². The summed E-state index contributed by atoms with van der Waals surface area (Å²) in [4.78, 5) is 4.45. The molecule has 0 fully saturated rings. The molecular formula is C25H26FNO2. The molecule has 0 aliphatic heterocycles. The lowest BCUT2D eigenvalue weighted by Gasteiger charge is -2.08. The first-order valence-electron chi connectivity index (χ1n) is 9.85. The topological polar surface area (TPSA) is 42.4 Å². The zero-order valence-electron chi connectivity index (χ0n) is 16.6. The van der Waals surface area contributed by atoms with E-state index in [0.717, 1.165) is 35.6 Å². The van der Waals surface area contributed by atoms with Gasteiger partial charge in [0.1, 0.15) is 18.2 Å². The van der Waals surface area contributed by atoms with Gasteiger partial charge in [-0.25, -0.2) is 4.39 Å². The third kappa shape index (κ3) is 5.75. The lowest BCUT2D eigenvalue weighted by molar-refractivity contribution is 0.182. The van der Waals surface area contributed by atoms with Crippen molar-refractivity contribution < 1.29 is 14.2 Å². The van der Waals surface area contributed by atoms with Gasteiger partial charge in [-0.1, -0.05) is 36.9 Å². The summed E-state index contributed by atoms with van der Waals surface area (Å²) in [6.07, 6.45) is 10.1. The molecule has 3 aromatic rings. The highest BCUT2D eigenvalue weighted by Gasteiger charge is 2.09. The van der Waals surface area contributed by atoms with E-state index in [4.69, 9.17) is 4.74 Å². The third-order valence-corrected chi connectivity index (χ3v) is 4.63. The van der Waals surface area contributed by atoms with Gasteiger partial charge >= 0.3 is 0 Å². The summed E-state index contributed by atoms with van der Waals surface area (Å²) in [6.45, 7) is 5.74. The number of pyridine rings is 1. The van der Waals surface area contributed by atoms with E-state index in [2.05, 4.69) is 29.8 Å². The van der Waals surface area contributed by atoms with Crippen LogP contribution >= 0.6 is 0 Å². The Morgan fingerprint density at radius 1 is 1.17 bits per heavy atom. The standard InChI is InChI=1S/C25H26FNO2/c1-3-13-29-22-11-12-23(24(26)16-22)25-15-20-10-9-19(14-21(20)17-27-25)8-6-4-5-7-18(2)28/h3,6,8-12,14-18,28H,1,4-5,7,13H2,2H3. The lowest BCUT2D eigenvalue weighted by atomic mass is 10.0. The number of fused-ring (bicyclic) bond motifs is 1. The van der Waals surface area contributed by atoms with Crippen molar-refractivity contribution in [3.05, 3.63) is 78.8 Å². The molecule has 1 unspecified atom stereocenters. The number of allylic oxidation sites excluding steroid dienone is 1. The molecule has 0 aliphatic rings. The van der Waals surface area contributed by atoms with Gasteiger partial charge in [-0.3, -0.25) is 4.98 Å². The SMILES string of the molecule is C=CCOc1ccc(-c2cc3ccc(C=CCCCC(C)O)cc3cn2)c(F)c1. The van der Waals surface area contributed by atoms with E-state index in [1.807, 2.05) is 25.1 Å². The molecule has 0 aliphatic carbocycles. The first-order valence-corrected chi connectivity index (χ1v) is 9.85. The molecule has 150 valence electrons. The fraction of sp³-hybridized carbons (Fsp3) is 0.240. The van der Waals surface area contributed by atoms with Crippen LogP contribution in [0.1, 0.15) is 31.7 Å². The summed E-state index contributed by atoms with van der Waals surface area (Å²) in [6, 6.07) is 12.8. The number of hydrogen-bond acceptors (Lipinski definition) is 3. The van der Waals surface area contributed by atoms with Crippen LogP contribution in [0.3, 0.4) is 0 Å². The van der Waals surface area contributed by atoms with E-state index < -0.39 is 0 Å². The predicted octanol–water partition coefficient (Wildman–Crippen LogP) is 6.17. The summed E-state index contributed by atoms with van der Waals surface area (Å²) in [5.41, 5.74) is 2.13. The molecule has 0 radical (unpaired) electrons. The van der Waals surface area contributed by atoms with Crippen LogP contribution in [-0.4, -0.2) is 22.8 Å². The average Bonchev–Trinajstić information content (AvgIpc) is 2.71. The minimum atomic E-state index is -0.366. The number of unbranched alkanes of at least 4 members (excludes halogenated alkanes) is 1. The van der Waals surface area contributed by atoms with E-state index in [1.54, 1.807) is 24.4 Å². The predicted molar refractivity (Wildman–Crippen MR) is 117 cm³/mol. The number of hydrogen-bond donors (Lipinski definition) is 1. The molecular weight excluding hydrogens is 365 g/mol. The second kappa shape index (κ2) is 9.99.